The van der Waals surface area contributed by atoms with Gasteiger partial charge in [0.2, 0.25) is 0 Å². The van der Waals surface area contributed by atoms with E-state index < -0.39 is 0 Å². The van der Waals surface area contributed by atoms with Gasteiger partial charge < -0.3 is 15.8 Å². The number of hydrogen-bond acceptors (Lipinski definition) is 3. The van der Waals surface area contributed by atoms with Gasteiger partial charge >= 0.3 is 0 Å². The van der Waals surface area contributed by atoms with Crippen molar-refractivity contribution in [2.45, 2.75) is 0 Å². The Kier molecular flexibility index (Phi) is 5.52. The number of halogens is 1. The lowest BCUT2D eigenvalue weighted by atomic mass is 10.0. The predicted octanol–water partition coefficient (Wildman–Crippen LogP) is 4.60. The number of ether oxygens (including phenoxy) is 1. The molecule has 0 aliphatic carbocycles. The van der Waals surface area contributed by atoms with Gasteiger partial charge in [0.05, 0.1) is 18.5 Å². The Morgan fingerprint density at radius 1 is 1.00 bits per heavy atom. The van der Waals surface area contributed by atoms with Crippen LogP contribution in [0.5, 0.6) is 5.75 Å². The highest BCUT2D eigenvalue weighted by atomic mass is 19.1. The number of carbonyl (C=O) groups excluding carboxylic acids is 1. The van der Waals surface area contributed by atoms with E-state index in [0.29, 0.717) is 22.5 Å². The number of nitrogens with one attached hydrogen (secondary N) is 1. The van der Waals surface area contributed by atoms with Crippen molar-refractivity contribution in [3.05, 3.63) is 89.7 Å². The maximum atomic E-state index is 13.3. The van der Waals surface area contributed by atoms with Crippen LogP contribution in [0.1, 0.15) is 11.1 Å². The van der Waals surface area contributed by atoms with Gasteiger partial charge in [0.15, 0.2) is 0 Å². The van der Waals surface area contributed by atoms with E-state index in [1.54, 1.807) is 61.7 Å². The molecule has 5 heteroatoms. The molecule has 3 aromatic rings. The summed E-state index contributed by atoms with van der Waals surface area (Å²) in [5, 5.41) is 2.82. The van der Waals surface area contributed by atoms with Crippen molar-refractivity contribution >= 4 is 28.9 Å². The molecule has 0 heterocycles. The predicted molar refractivity (Wildman–Crippen MR) is 107 cm³/mol. The van der Waals surface area contributed by atoms with Crippen molar-refractivity contribution in [1.82, 2.24) is 0 Å². The summed E-state index contributed by atoms with van der Waals surface area (Å²) in [4.78, 5) is 12.9. The minimum Gasteiger partial charge on any atom is -0.497 e. The first-order chi connectivity index (χ1) is 13.1. The minimum absolute atomic E-state index is 0.338. The fourth-order valence-corrected chi connectivity index (χ4v) is 2.58. The standard InChI is InChI=1S/C22H19FN2O2/c1-27-18-12-6-15(7-13-18)14-19(16-8-10-17(23)11-9-16)22(26)25-21-5-3-2-4-20(21)24/h2-14H,24H2,1H3,(H,25,26). The van der Waals surface area contributed by atoms with Crippen LogP contribution < -0.4 is 15.8 Å². The molecule has 1 amide bonds. The number of carbonyl (C=O) groups is 1. The Balaban J connectivity index is 1.98. The van der Waals surface area contributed by atoms with Crippen molar-refractivity contribution in [3.63, 3.8) is 0 Å². The number of para-hydroxylation sites is 2. The molecule has 0 saturated heterocycles. The summed E-state index contributed by atoms with van der Waals surface area (Å²) in [6.07, 6.45) is 1.74. The van der Waals surface area contributed by atoms with Crippen molar-refractivity contribution in [2.75, 3.05) is 18.2 Å². The van der Waals surface area contributed by atoms with Crippen molar-refractivity contribution in [3.8, 4) is 5.75 Å². The third-order valence-electron chi connectivity index (χ3n) is 4.04. The zero-order valence-corrected chi connectivity index (χ0v) is 14.8. The highest BCUT2D eigenvalue weighted by Crippen LogP contribution is 2.24. The van der Waals surface area contributed by atoms with Crippen LogP contribution in [0.15, 0.2) is 72.8 Å². The van der Waals surface area contributed by atoms with Crippen LogP contribution in [0, 0.1) is 5.82 Å². The number of benzene rings is 3. The lowest BCUT2D eigenvalue weighted by molar-refractivity contribution is -0.111. The topological polar surface area (TPSA) is 64.3 Å². The van der Waals surface area contributed by atoms with Gasteiger partial charge in [-0.25, -0.2) is 4.39 Å². The van der Waals surface area contributed by atoms with Gasteiger partial charge in [-0.3, -0.25) is 4.79 Å². The summed E-state index contributed by atoms with van der Waals surface area (Å²) < 4.78 is 18.5. The Morgan fingerprint density at radius 3 is 2.30 bits per heavy atom. The van der Waals surface area contributed by atoms with Crippen LogP contribution in [0.2, 0.25) is 0 Å². The van der Waals surface area contributed by atoms with E-state index in [1.807, 2.05) is 12.1 Å². The zero-order valence-electron chi connectivity index (χ0n) is 14.8. The molecule has 0 aromatic heterocycles. The first kappa shape index (κ1) is 18.2. The van der Waals surface area contributed by atoms with Crippen LogP contribution in [0.25, 0.3) is 11.6 Å². The van der Waals surface area contributed by atoms with Gasteiger partial charge in [-0.2, -0.15) is 0 Å². The van der Waals surface area contributed by atoms with E-state index in [9.17, 15) is 9.18 Å². The van der Waals surface area contributed by atoms with E-state index in [4.69, 9.17) is 10.5 Å². The van der Waals surface area contributed by atoms with Gasteiger partial charge in [0, 0.05) is 5.57 Å². The molecule has 0 radical (unpaired) electrons. The minimum atomic E-state index is -0.366. The van der Waals surface area contributed by atoms with Crippen LogP contribution in [-0.4, -0.2) is 13.0 Å². The van der Waals surface area contributed by atoms with E-state index in [1.165, 1.54) is 12.1 Å². The second-order valence-electron chi connectivity index (χ2n) is 5.88. The Labute approximate surface area is 157 Å². The van der Waals surface area contributed by atoms with Crippen molar-refractivity contribution in [2.24, 2.45) is 0 Å². The molecular weight excluding hydrogens is 343 g/mol. The van der Waals surface area contributed by atoms with Gasteiger partial charge in [-0.05, 0) is 53.6 Å². The molecule has 0 fully saturated rings. The summed E-state index contributed by atoms with van der Waals surface area (Å²) in [7, 11) is 1.59. The number of methoxy groups -OCH3 is 1. The Bertz CT molecular complexity index is 964. The second kappa shape index (κ2) is 8.19. The summed E-state index contributed by atoms with van der Waals surface area (Å²) in [5.74, 6) is 0.0163. The van der Waals surface area contributed by atoms with Gasteiger partial charge in [0.25, 0.3) is 5.91 Å². The number of anilines is 2. The highest BCUT2D eigenvalue weighted by molar-refractivity contribution is 6.29. The summed E-state index contributed by atoms with van der Waals surface area (Å²) in [6, 6.07) is 20.1. The number of hydrogen-bond donors (Lipinski definition) is 2. The second-order valence-corrected chi connectivity index (χ2v) is 5.88. The maximum Gasteiger partial charge on any atom is 0.256 e. The molecule has 136 valence electrons. The Morgan fingerprint density at radius 2 is 1.67 bits per heavy atom. The van der Waals surface area contributed by atoms with Gasteiger partial charge in [-0.1, -0.05) is 36.4 Å². The maximum absolute atomic E-state index is 13.3. The monoisotopic (exact) mass is 362 g/mol. The van der Waals surface area contributed by atoms with Crippen LogP contribution in [-0.2, 0) is 4.79 Å². The van der Waals surface area contributed by atoms with Crippen LogP contribution >= 0.6 is 0 Å². The van der Waals surface area contributed by atoms with E-state index in [0.717, 1.165) is 11.3 Å². The third-order valence-corrected chi connectivity index (χ3v) is 4.04. The molecule has 0 atom stereocenters. The van der Waals surface area contributed by atoms with Crippen LogP contribution in [0.3, 0.4) is 0 Å². The van der Waals surface area contributed by atoms with Crippen LogP contribution in [0.4, 0.5) is 15.8 Å². The molecule has 0 aliphatic heterocycles. The van der Waals surface area contributed by atoms with Gasteiger partial charge in [-0.15, -0.1) is 0 Å². The summed E-state index contributed by atoms with van der Waals surface area (Å²) >= 11 is 0. The molecule has 4 nitrogen and oxygen atoms in total. The molecular formula is C22H19FN2O2. The normalized spacial score (nSPS) is 11.1. The molecule has 3 N–H and O–H groups in total. The van der Waals surface area contributed by atoms with E-state index in [2.05, 4.69) is 5.32 Å². The smallest absolute Gasteiger partial charge is 0.256 e. The molecule has 27 heavy (non-hydrogen) atoms. The molecule has 0 aliphatic rings. The van der Waals surface area contributed by atoms with Gasteiger partial charge in [0.1, 0.15) is 11.6 Å². The first-order valence-corrected chi connectivity index (χ1v) is 8.34. The van der Waals surface area contributed by atoms with Crippen molar-refractivity contribution < 1.29 is 13.9 Å². The molecule has 0 unspecified atom stereocenters. The third kappa shape index (κ3) is 4.52. The fourth-order valence-electron chi connectivity index (χ4n) is 2.58. The van der Waals surface area contributed by atoms with E-state index in [-0.39, 0.29) is 11.7 Å². The highest BCUT2D eigenvalue weighted by Gasteiger charge is 2.14. The summed E-state index contributed by atoms with van der Waals surface area (Å²) in [6.45, 7) is 0. The average Bonchev–Trinajstić information content (AvgIpc) is 2.69. The Hall–Kier alpha value is -3.60. The first-order valence-electron chi connectivity index (χ1n) is 8.34. The zero-order chi connectivity index (χ0) is 19.2. The molecule has 0 saturated carbocycles. The molecule has 3 rings (SSSR count). The lowest BCUT2D eigenvalue weighted by Gasteiger charge is -2.12. The average molecular weight is 362 g/mol. The van der Waals surface area contributed by atoms with E-state index >= 15 is 0 Å². The molecule has 0 spiro atoms. The summed E-state index contributed by atoms with van der Waals surface area (Å²) in [5.41, 5.74) is 8.70. The number of nitrogens with two attached hydrogens (primary N) is 1. The number of rotatable bonds is 5. The largest absolute Gasteiger partial charge is 0.497 e. The molecule has 0 bridgehead atoms. The quantitative estimate of drug-likeness (QED) is 0.396. The number of nitrogen functional groups attached to an aromatic ring is 1. The van der Waals surface area contributed by atoms with Crippen molar-refractivity contribution in [1.29, 1.82) is 0 Å². The lowest BCUT2D eigenvalue weighted by Crippen LogP contribution is -2.14. The number of amides is 1. The molecule has 3 aromatic carbocycles. The fraction of sp³-hybridized carbons (Fsp3) is 0.0455. The SMILES string of the molecule is COc1ccc(C=C(C(=O)Nc2ccccc2N)c2ccc(F)cc2)cc1.